The lowest BCUT2D eigenvalue weighted by molar-refractivity contribution is -0.885. The molecule has 0 fully saturated rings. The van der Waals surface area contributed by atoms with E-state index in [9.17, 15) is 13.6 Å². The lowest BCUT2D eigenvalue weighted by Gasteiger charge is -2.18. The minimum atomic E-state index is -0.677. The molecule has 2 N–H and O–H groups in total. The Morgan fingerprint density at radius 3 is 2.52 bits per heavy atom. The third kappa shape index (κ3) is 5.66. The third-order valence-corrected chi connectivity index (χ3v) is 4.50. The van der Waals surface area contributed by atoms with Gasteiger partial charge in [0, 0.05) is 17.2 Å². The van der Waals surface area contributed by atoms with E-state index in [1.165, 1.54) is 12.1 Å². The van der Waals surface area contributed by atoms with Crippen molar-refractivity contribution in [1.82, 2.24) is 5.32 Å². The van der Waals surface area contributed by atoms with Gasteiger partial charge in [-0.15, -0.1) is 0 Å². The lowest BCUT2D eigenvalue weighted by Crippen LogP contribution is -3.08. The summed E-state index contributed by atoms with van der Waals surface area (Å²) in [5.41, 5.74) is 1.20. The van der Waals surface area contributed by atoms with E-state index in [4.69, 9.17) is 23.2 Å². The standard InChI is InChI=1S/C18H18Cl2F2N2O/c1-11(14-5-4-13(21)8-17(14)22)23-18(25)10-24(2)9-12-3-6-15(19)16(20)7-12/h3-8,11H,9-10H2,1-2H3,(H,23,25)/p+1/t11-/m1/s1. The first-order valence-corrected chi connectivity index (χ1v) is 8.51. The Labute approximate surface area is 155 Å². The predicted molar refractivity (Wildman–Crippen MR) is 94.8 cm³/mol. The van der Waals surface area contributed by atoms with E-state index in [2.05, 4.69) is 5.32 Å². The molecule has 0 bridgehead atoms. The van der Waals surface area contributed by atoms with Crippen molar-refractivity contribution in [1.29, 1.82) is 0 Å². The normalized spacial score (nSPS) is 13.4. The summed E-state index contributed by atoms with van der Waals surface area (Å²) >= 11 is 11.9. The van der Waals surface area contributed by atoms with E-state index >= 15 is 0 Å². The number of rotatable bonds is 6. The van der Waals surface area contributed by atoms with Crippen LogP contribution in [0.1, 0.15) is 24.1 Å². The van der Waals surface area contributed by atoms with Gasteiger partial charge in [0.25, 0.3) is 5.91 Å². The van der Waals surface area contributed by atoms with Gasteiger partial charge in [-0.3, -0.25) is 4.79 Å². The highest BCUT2D eigenvalue weighted by atomic mass is 35.5. The van der Waals surface area contributed by atoms with Crippen LogP contribution >= 0.6 is 23.2 Å². The van der Waals surface area contributed by atoms with Crippen LogP contribution < -0.4 is 10.2 Å². The van der Waals surface area contributed by atoms with Crippen LogP contribution in [0, 0.1) is 11.6 Å². The van der Waals surface area contributed by atoms with Crippen LogP contribution in [0.25, 0.3) is 0 Å². The van der Waals surface area contributed by atoms with Gasteiger partial charge in [0.1, 0.15) is 18.2 Å². The first-order valence-electron chi connectivity index (χ1n) is 7.76. The molecule has 0 aliphatic heterocycles. The third-order valence-electron chi connectivity index (χ3n) is 3.76. The summed E-state index contributed by atoms with van der Waals surface area (Å²) < 4.78 is 26.7. The molecule has 7 heteroatoms. The lowest BCUT2D eigenvalue weighted by atomic mass is 10.1. The number of amides is 1. The van der Waals surface area contributed by atoms with Crippen LogP contribution in [-0.4, -0.2) is 19.5 Å². The molecule has 25 heavy (non-hydrogen) atoms. The Hall–Kier alpha value is -1.69. The van der Waals surface area contributed by atoms with E-state index in [0.717, 1.165) is 16.5 Å². The SMILES string of the molecule is C[C@@H](NC(=O)C[NH+](C)Cc1ccc(Cl)c(Cl)c1)c1ccc(F)cc1F. The summed E-state index contributed by atoms with van der Waals surface area (Å²) in [4.78, 5) is 13.1. The molecule has 1 amide bonds. The van der Waals surface area contributed by atoms with Crippen molar-refractivity contribution in [2.75, 3.05) is 13.6 Å². The quantitative estimate of drug-likeness (QED) is 0.783. The smallest absolute Gasteiger partial charge is 0.275 e. The van der Waals surface area contributed by atoms with Crippen molar-refractivity contribution in [3.8, 4) is 0 Å². The molecule has 0 saturated carbocycles. The van der Waals surface area contributed by atoms with Crippen LogP contribution in [0.15, 0.2) is 36.4 Å². The van der Waals surface area contributed by atoms with Crippen LogP contribution in [0.4, 0.5) is 8.78 Å². The van der Waals surface area contributed by atoms with E-state index in [1.54, 1.807) is 19.1 Å². The molecule has 2 aromatic carbocycles. The highest BCUT2D eigenvalue weighted by molar-refractivity contribution is 6.42. The number of carbonyl (C=O) groups is 1. The summed E-state index contributed by atoms with van der Waals surface area (Å²) in [5, 5.41) is 3.68. The van der Waals surface area contributed by atoms with E-state index in [0.29, 0.717) is 16.6 Å². The van der Waals surface area contributed by atoms with Gasteiger partial charge in [-0.25, -0.2) is 8.78 Å². The van der Waals surface area contributed by atoms with Crippen molar-refractivity contribution in [3.63, 3.8) is 0 Å². The number of carbonyl (C=O) groups excluding carboxylic acids is 1. The van der Waals surface area contributed by atoms with E-state index in [-0.39, 0.29) is 18.0 Å². The molecule has 0 radical (unpaired) electrons. The number of likely N-dealkylation sites (N-methyl/N-ethyl adjacent to an activating group) is 1. The zero-order chi connectivity index (χ0) is 18.6. The van der Waals surface area contributed by atoms with Gasteiger partial charge in [-0.2, -0.15) is 0 Å². The van der Waals surface area contributed by atoms with Gasteiger partial charge in [0.2, 0.25) is 0 Å². The number of hydrogen-bond donors (Lipinski definition) is 2. The molecule has 134 valence electrons. The molecular weight excluding hydrogens is 369 g/mol. The van der Waals surface area contributed by atoms with Crippen molar-refractivity contribution in [2.24, 2.45) is 0 Å². The molecular formula is C18H19Cl2F2N2O+. The molecule has 1 unspecified atom stereocenters. The number of quaternary nitrogens is 1. The number of nitrogens with one attached hydrogen (secondary N) is 2. The van der Waals surface area contributed by atoms with Crippen molar-refractivity contribution in [2.45, 2.75) is 19.5 Å². The maximum absolute atomic E-state index is 13.8. The zero-order valence-corrected chi connectivity index (χ0v) is 15.4. The van der Waals surface area contributed by atoms with Crippen LogP contribution in [0.2, 0.25) is 10.0 Å². The van der Waals surface area contributed by atoms with Crippen LogP contribution in [0.5, 0.6) is 0 Å². The Morgan fingerprint density at radius 1 is 1.16 bits per heavy atom. The average Bonchev–Trinajstić information content (AvgIpc) is 2.50. The Bertz CT molecular complexity index is 771. The van der Waals surface area contributed by atoms with Gasteiger partial charge in [0.05, 0.1) is 23.1 Å². The highest BCUT2D eigenvalue weighted by Gasteiger charge is 2.17. The van der Waals surface area contributed by atoms with Crippen LogP contribution in [-0.2, 0) is 11.3 Å². The average molecular weight is 388 g/mol. The Morgan fingerprint density at radius 2 is 1.88 bits per heavy atom. The topological polar surface area (TPSA) is 33.5 Å². The van der Waals surface area contributed by atoms with Gasteiger partial charge in [0.15, 0.2) is 6.54 Å². The van der Waals surface area contributed by atoms with Crippen LogP contribution in [0.3, 0.4) is 0 Å². The minimum Gasteiger partial charge on any atom is -0.345 e. The van der Waals surface area contributed by atoms with E-state index in [1.807, 2.05) is 13.1 Å². The number of halogens is 4. The second-order valence-electron chi connectivity index (χ2n) is 6.01. The Kier molecular flexibility index (Phi) is 6.76. The second-order valence-corrected chi connectivity index (χ2v) is 6.83. The number of benzene rings is 2. The summed E-state index contributed by atoms with van der Waals surface area (Å²) in [7, 11) is 1.87. The molecule has 0 aromatic heterocycles. The second kappa shape index (κ2) is 8.61. The van der Waals surface area contributed by atoms with Crippen molar-refractivity contribution >= 4 is 29.1 Å². The molecule has 3 nitrogen and oxygen atoms in total. The van der Waals surface area contributed by atoms with E-state index < -0.39 is 17.7 Å². The molecule has 2 rings (SSSR count). The predicted octanol–water partition coefficient (Wildman–Crippen LogP) is 3.16. The maximum atomic E-state index is 13.8. The fourth-order valence-electron chi connectivity index (χ4n) is 2.56. The van der Waals surface area contributed by atoms with Crippen molar-refractivity contribution in [3.05, 3.63) is 69.2 Å². The minimum absolute atomic E-state index is 0.202. The first kappa shape index (κ1) is 19.6. The monoisotopic (exact) mass is 387 g/mol. The fourth-order valence-corrected chi connectivity index (χ4v) is 2.88. The summed E-state index contributed by atoms with van der Waals surface area (Å²) in [6.07, 6.45) is 0. The molecule has 2 atom stereocenters. The Balaban J connectivity index is 1.91. The molecule has 0 heterocycles. The highest BCUT2D eigenvalue weighted by Crippen LogP contribution is 2.22. The first-order chi connectivity index (χ1) is 11.8. The van der Waals surface area contributed by atoms with Gasteiger partial charge < -0.3 is 10.2 Å². The molecule has 0 spiro atoms. The fraction of sp³-hybridized carbons (Fsp3) is 0.278. The van der Waals surface area contributed by atoms with Gasteiger partial charge in [-0.05, 0) is 25.1 Å². The summed E-state index contributed by atoms with van der Waals surface area (Å²) in [6, 6.07) is 8.09. The zero-order valence-electron chi connectivity index (χ0n) is 13.9. The summed E-state index contributed by atoms with van der Waals surface area (Å²) in [6.45, 7) is 2.44. The molecule has 2 aromatic rings. The molecule has 0 aliphatic carbocycles. The molecule has 0 aliphatic rings. The van der Waals surface area contributed by atoms with Gasteiger partial charge in [-0.1, -0.05) is 35.3 Å². The van der Waals surface area contributed by atoms with Crippen molar-refractivity contribution < 1.29 is 18.5 Å². The maximum Gasteiger partial charge on any atom is 0.275 e. The number of hydrogen-bond acceptors (Lipinski definition) is 1. The largest absolute Gasteiger partial charge is 0.345 e. The molecule has 0 saturated heterocycles. The summed E-state index contributed by atoms with van der Waals surface area (Å²) in [5.74, 6) is -1.55. The van der Waals surface area contributed by atoms with Gasteiger partial charge >= 0.3 is 0 Å².